The summed E-state index contributed by atoms with van der Waals surface area (Å²) < 4.78 is 2.15. The third-order valence-electron chi connectivity index (χ3n) is 4.27. The van der Waals surface area contributed by atoms with Crippen molar-refractivity contribution in [3.63, 3.8) is 0 Å². The summed E-state index contributed by atoms with van der Waals surface area (Å²) in [5.74, 6) is -0.255. The average molecular weight is 340 g/mol. The Labute approximate surface area is 143 Å². The first-order chi connectivity index (χ1) is 12.0. The van der Waals surface area contributed by atoms with Crippen LogP contribution in [0.1, 0.15) is 17.0 Å². The molecular weight excluding hydrogens is 320 g/mol. The molecule has 0 spiro atoms. The van der Waals surface area contributed by atoms with Crippen LogP contribution in [0.2, 0.25) is 0 Å². The fourth-order valence-electron chi connectivity index (χ4n) is 3.01. The number of fused-ring (bicyclic) bond motifs is 1. The van der Waals surface area contributed by atoms with Crippen LogP contribution in [-0.2, 0) is 17.8 Å². The van der Waals surface area contributed by atoms with E-state index in [4.69, 9.17) is 0 Å². The van der Waals surface area contributed by atoms with E-state index in [0.29, 0.717) is 18.8 Å². The molecular formula is C18H20N4O3. The number of hydrogen-bond acceptors (Lipinski definition) is 3. The van der Waals surface area contributed by atoms with Crippen molar-refractivity contribution in [1.29, 1.82) is 0 Å². The first kappa shape index (κ1) is 16.8. The number of nitrogens with one attached hydrogen (secondary N) is 3. The van der Waals surface area contributed by atoms with Gasteiger partial charge in [-0.15, -0.1) is 0 Å². The lowest BCUT2D eigenvalue weighted by atomic mass is 10.1. The van der Waals surface area contributed by atoms with Gasteiger partial charge in [-0.05, 0) is 31.4 Å². The average Bonchev–Trinajstić information content (AvgIpc) is 2.87. The quantitative estimate of drug-likeness (QED) is 0.646. The lowest BCUT2D eigenvalue weighted by molar-refractivity contribution is -0.120. The van der Waals surface area contributed by atoms with Gasteiger partial charge in [0.25, 0.3) is 5.56 Å². The maximum atomic E-state index is 12.1. The number of aromatic nitrogens is 3. The van der Waals surface area contributed by atoms with E-state index >= 15 is 0 Å². The number of amides is 1. The predicted molar refractivity (Wildman–Crippen MR) is 95.8 cm³/mol. The molecule has 0 radical (unpaired) electrons. The second kappa shape index (κ2) is 6.80. The van der Waals surface area contributed by atoms with Gasteiger partial charge in [0, 0.05) is 35.6 Å². The second-order valence-corrected chi connectivity index (χ2v) is 6.03. The van der Waals surface area contributed by atoms with E-state index in [1.807, 2.05) is 25.1 Å². The molecule has 3 N–H and O–H groups in total. The Balaban J connectivity index is 1.64. The number of rotatable bonds is 5. The van der Waals surface area contributed by atoms with Crippen LogP contribution in [-0.4, -0.2) is 27.0 Å². The maximum absolute atomic E-state index is 12.1. The molecule has 3 rings (SSSR count). The van der Waals surface area contributed by atoms with Crippen LogP contribution in [0.15, 0.2) is 39.9 Å². The van der Waals surface area contributed by atoms with Gasteiger partial charge in [0.2, 0.25) is 5.91 Å². The number of nitrogens with zero attached hydrogens (tertiary/aromatic N) is 1. The van der Waals surface area contributed by atoms with E-state index in [2.05, 4.69) is 32.0 Å². The van der Waals surface area contributed by atoms with E-state index in [1.54, 1.807) is 6.92 Å². The highest BCUT2D eigenvalue weighted by atomic mass is 16.2. The Kier molecular flexibility index (Phi) is 4.56. The lowest BCUT2D eigenvalue weighted by Crippen LogP contribution is -2.33. The second-order valence-electron chi connectivity index (χ2n) is 6.03. The molecule has 25 heavy (non-hydrogen) atoms. The largest absolute Gasteiger partial charge is 0.354 e. The zero-order chi connectivity index (χ0) is 18.0. The van der Waals surface area contributed by atoms with Gasteiger partial charge in [-0.1, -0.05) is 18.2 Å². The smallest absolute Gasteiger partial charge is 0.325 e. The van der Waals surface area contributed by atoms with Crippen LogP contribution in [0.25, 0.3) is 10.9 Å². The summed E-state index contributed by atoms with van der Waals surface area (Å²) in [6, 6.07) is 10.2. The SMILES string of the molecule is Cc1[nH]c(=O)[nH]c(=O)c1CC(=O)NCCn1c(C)cc2ccccc21. The lowest BCUT2D eigenvalue weighted by Gasteiger charge is -2.10. The summed E-state index contributed by atoms with van der Waals surface area (Å²) >= 11 is 0. The Hall–Kier alpha value is -3.09. The summed E-state index contributed by atoms with van der Waals surface area (Å²) in [7, 11) is 0. The van der Waals surface area contributed by atoms with Crippen molar-refractivity contribution in [1.82, 2.24) is 19.9 Å². The van der Waals surface area contributed by atoms with Gasteiger partial charge in [0.15, 0.2) is 0 Å². The third-order valence-corrected chi connectivity index (χ3v) is 4.27. The predicted octanol–water partition coefficient (Wildman–Crippen LogP) is 0.994. The van der Waals surface area contributed by atoms with Crippen LogP contribution >= 0.6 is 0 Å². The fourth-order valence-corrected chi connectivity index (χ4v) is 3.01. The molecule has 0 bridgehead atoms. The Morgan fingerprint density at radius 2 is 1.92 bits per heavy atom. The van der Waals surface area contributed by atoms with Crippen LogP contribution in [0.5, 0.6) is 0 Å². The van der Waals surface area contributed by atoms with Crippen LogP contribution < -0.4 is 16.6 Å². The molecule has 0 aliphatic heterocycles. The normalized spacial score (nSPS) is 11.0. The van der Waals surface area contributed by atoms with E-state index < -0.39 is 11.2 Å². The van der Waals surface area contributed by atoms with Crippen molar-refractivity contribution < 1.29 is 4.79 Å². The minimum absolute atomic E-state index is 0.0661. The van der Waals surface area contributed by atoms with Crippen LogP contribution in [0.3, 0.4) is 0 Å². The van der Waals surface area contributed by atoms with E-state index in [0.717, 1.165) is 11.2 Å². The fraction of sp³-hybridized carbons (Fsp3) is 0.278. The van der Waals surface area contributed by atoms with Gasteiger partial charge in [0.1, 0.15) is 0 Å². The van der Waals surface area contributed by atoms with Gasteiger partial charge in [-0.2, -0.15) is 0 Å². The molecule has 0 unspecified atom stereocenters. The van der Waals surface area contributed by atoms with Crippen LogP contribution in [0, 0.1) is 13.8 Å². The molecule has 1 aromatic carbocycles. The highest BCUT2D eigenvalue weighted by Gasteiger charge is 2.11. The van der Waals surface area contributed by atoms with Crippen molar-refractivity contribution in [2.45, 2.75) is 26.8 Å². The number of H-pyrrole nitrogens is 2. The minimum atomic E-state index is -0.568. The Morgan fingerprint density at radius 1 is 1.16 bits per heavy atom. The summed E-state index contributed by atoms with van der Waals surface area (Å²) in [6.07, 6.45) is -0.0661. The molecule has 130 valence electrons. The highest BCUT2D eigenvalue weighted by molar-refractivity contribution is 5.81. The molecule has 3 aromatic rings. The molecule has 0 aliphatic carbocycles. The number of hydrogen-bond donors (Lipinski definition) is 3. The molecule has 0 fully saturated rings. The minimum Gasteiger partial charge on any atom is -0.354 e. The molecule has 0 saturated heterocycles. The Morgan fingerprint density at radius 3 is 2.68 bits per heavy atom. The standard InChI is InChI=1S/C18H20N4O3/c1-11-9-13-5-3-4-6-15(13)22(11)8-7-19-16(23)10-14-12(2)20-18(25)21-17(14)24/h3-6,9H,7-8,10H2,1-2H3,(H,19,23)(H2,20,21,24,25). The number of aryl methyl sites for hydroxylation is 2. The molecule has 0 atom stereocenters. The molecule has 0 saturated carbocycles. The molecule has 1 amide bonds. The zero-order valence-electron chi connectivity index (χ0n) is 14.2. The van der Waals surface area contributed by atoms with Gasteiger partial charge < -0.3 is 14.9 Å². The zero-order valence-corrected chi connectivity index (χ0v) is 14.2. The first-order valence-electron chi connectivity index (χ1n) is 8.09. The van der Waals surface area contributed by atoms with Crippen LogP contribution in [0.4, 0.5) is 0 Å². The van der Waals surface area contributed by atoms with E-state index in [9.17, 15) is 14.4 Å². The van der Waals surface area contributed by atoms with Crippen molar-refractivity contribution in [2.75, 3.05) is 6.54 Å². The number of carbonyl (C=O) groups is 1. The van der Waals surface area contributed by atoms with Gasteiger partial charge >= 0.3 is 5.69 Å². The summed E-state index contributed by atoms with van der Waals surface area (Å²) in [6.45, 7) is 4.74. The van der Waals surface area contributed by atoms with E-state index in [1.165, 1.54) is 5.39 Å². The maximum Gasteiger partial charge on any atom is 0.325 e. The molecule has 7 nitrogen and oxygen atoms in total. The topological polar surface area (TPSA) is 99.8 Å². The monoisotopic (exact) mass is 340 g/mol. The number of para-hydroxylation sites is 1. The van der Waals surface area contributed by atoms with Gasteiger partial charge in [0.05, 0.1) is 6.42 Å². The van der Waals surface area contributed by atoms with Crippen molar-refractivity contribution in [3.05, 3.63) is 68.1 Å². The molecule has 7 heteroatoms. The Bertz CT molecular complexity index is 1040. The van der Waals surface area contributed by atoms with Gasteiger partial charge in [-0.3, -0.25) is 14.6 Å². The highest BCUT2D eigenvalue weighted by Crippen LogP contribution is 2.18. The number of aromatic amines is 2. The van der Waals surface area contributed by atoms with Crippen molar-refractivity contribution >= 4 is 16.8 Å². The molecule has 0 aliphatic rings. The summed E-state index contributed by atoms with van der Waals surface area (Å²) in [4.78, 5) is 39.7. The summed E-state index contributed by atoms with van der Waals surface area (Å²) in [5.41, 5.74) is 1.85. The molecule has 2 aromatic heterocycles. The van der Waals surface area contributed by atoms with Gasteiger partial charge in [-0.25, -0.2) is 4.79 Å². The van der Waals surface area contributed by atoms with E-state index in [-0.39, 0.29) is 17.9 Å². The molecule has 2 heterocycles. The third kappa shape index (κ3) is 3.55. The number of carbonyl (C=O) groups excluding carboxylic acids is 1. The van der Waals surface area contributed by atoms with Crippen molar-refractivity contribution in [3.8, 4) is 0 Å². The van der Waals surface area contributed by atoms with Crippen molar-refractivity contribution in [2.24, 2.45) is 0 Å². The summed E-state index contributed by atoms with van der Waals surface area (Å²) in [5, 5.41) is 3.99. The first-order valence-corrected chi connectivity index (χ1v) is 8.09. The number of benzene rings is 1.